The highest BCUT2D eigenvalue weighted by atomic mass is 14.5. The van der Waals surface area contributed by atoms with Crippen molar-refractivity contribution in [3.05, 3.63) is 0 Å². The van der Waals surface area contributed by atoms with Crippen LogP contribution < -0.4 is 0 Å². The lowest BCUT2D eigenvalue weighted by atomic mass is 9.48. The quantitative estimate of drug-likeness (QED) is 0.494. The van der Waals surface area contributed by atoms with Crippen molar-refractivity contribution in [1.82, 2.24) is 0 Å². The van der Waals surface area contributed by atoms with Gasteiger partial charge in [-0.1, -0.05) is 66.6 Å². The van der Waals surface area contributed by atoms with E-state index in [0.29, 0.717) is 10.8 Å². The minimum absolute atomic E-state index is 0.00772. The van der Waals surface area contributed by atoms with Gasteiger partial charge in [0.15, 0.2) is 0 Å². The molecule has 0 aliphatic heterocycles. The van der Waals surface area contributed by atoms with Gasteiger partial charge in [0.05, 0.1) is 7.85 Å². The van der Waals surface area contributed by atoms with Crippen molar-refractivity contribution in [2.45, 2.75) is 85.9 Å². The molecular formula is C16H31B. The standard InChI is InChI=1S/C16H31B/c1-13(2,3)15(6)9-8-10-16(7,17)14(4,5)11-12-15/h8-12H2,1-7H3. The van der Waals surface area contributed by atoms with Gasteiger partial charge in [-0.2, -0.15) is 0 Å². The molecule has 98 valence electrons. The Balaban J connectivity index is 2.91. The Kier molecular flexibility index (Phi) is 3.84. The Labute approximate surface area is 110 Å². The molecule has 0 aromatic carbocycles. The molecule has 0 bridgehead atoms. The molecule has 0 nitrogen and oxygen atoms in total. The van der Waals surface area contributed by atoms with Crippen molar-refractivity contribution in [2.75, 3.05) is 0 Å². The van der Waals surface area contributed by atoms with Gasteiger partial charge in [0, 0.05) is 0 Å². The van der Waals surface area contributed by atoms with Gasteiger partial charge >= 0.3 is 0 Å². The van der Waals surface area contributed by atoms with Gasteiger partial charge in [-0.15, -0.1) is 0 Å². The van der Waals surface area contributed by atoms with E-state index in [1.54, 1.807) is 0 Å². The van der Waals surface area contributed by atoms with Crippen LogP contribution in [0.15, 0.2) is 0 Å². The molecular weight excluding hydrogens is 203 g/mol. The molecule has 0 spiro atoms. The van der Waals surface area contributed by atoms with Crippen molar-refractivity contribution in [2.24, 2.45) is 16.2 Å². The van der Waals surface area contributed by atoms with E-state index in [-0.39, 0.29) is 10.7 Å². The molecule has 0 aromatic rings. The fourth-order valence-electron chi connectivity index (χ4n) is 2.93. The Morgan fingerprint density at radius 1 is 0.824 bits per heavy atom. The molecule has 2 atom stereocenters. The summed E-state index contributed by atoms with van der Waals surface area (Å²) in [5.74, 6) is 0. The van der Waals surface area contributed by atoms with E-state index < -0.39 is 0 Å². The fraction of sp³-hybridized carbons (Fsp3) is 1.00. The van der Waals surface area contributed by atoms with E-state index in [2.05, 4.69) is 48.5 Å². The Morgan fingerprint density at radius 3 is 1.82 bits per heavy atom. The van der Waals surface area contributed by atoms with Gasteiger partial charge < -0.3 is 0 Å². The molecule has 0 heterocycles. The van der Waals surface area contributed by atoms with Crippen LogP contribution in [0.25, 0.3) is 0 Å². The number of rotatable bonds is 0. The van der Waals surface area contributed by atoms with Gasteiger partial charge in [-0.05, 0) is 35.5 Å². The second-order valence-corrected chi connectivity index (χ2v) is 8.47. The second-order valence-electron chi connectivity index (χ2n) is 8.47. The lowest BCUT2D eigenvalue weighted by Crippen LogP contribution is -2.39. The summed E-state index contributed by atoms with van der Waals surface area (Å²) in [4.78, 5) is 0. The molecule has 0 N–H and O–H groups in total. The molecule has 1 fully saturated rings. The zero-order valence-electron chi connectivity index (χ0n) is 13.1. The average Bonchev–Trinajstić information content (AvgIpc) is 2.11. The summed E-state index contributed by atoms with van der Waals surface area (Å²) < 4.78 is 0. The highest BCUT2D eigenvalue weighted by Gasteiger charge is 2.43. The third-order valence-corrected chi connectivity index (χ3v) is 6.08. The molecule has 1 heteroatoms. The maximum atomic E-state index is 6.52. The van der Waals surface area contributed by atoms with Gasteiger partial charge in [-0.3, -0.25) is 0 Å². The van der Waals surface area contributed by atoms with Crippen LogP contribution in [0.1, 0.15) is 80.6 Å². The predicted octanol–water partition coefficient (Wildman–Crippen LogP) is 5.38. The van der Waals surface area contributed by atoms with Gasteiger partial charge in [0.2, 0.25) is 0 Å². The summed E-state index contributed by atoms with van der Waals surface area (Å²) >= 11 is 0. The van der Waals surface area contributed by atoms with Crippen molar-refractivity contribution >= 4 is 7.85 Å². The third kappa shape index (κ3) is 2.91. The largest absolute Gasteiger partial charge is 0.0749 e. The van der Waals surface area contributed by atoms with E-state index in [0.717, 1.165) is 6.42 Å². The van der Waals surface area contributed by atoms with Crippen LogP contribution in [-0.2, 0) is 0 Å². The highest BCUT2D eigenvalue weighted by molar-refractivity contribution is 6.15. The summed E-state index contributed by atoms with van der Waals surface area (Å²) in [6.45, 7) is 16.6. The summed E-state index contributed by atoms with van der Waals surface area (Å²) in [6, 6.07) is 0. The normalized spacial score (nSPS) is 39.5. The van der Waals surface area contributed by atoms with Gasteiger partial charge in [0.25, 0.3) is 0 Å². The highest BCUT2D eigenvalue weighted by Crippen LogP contribution is 2.57. The van der Waals surface area contributed by atoms with Gasteiger partial charge in [0.1, 0.15) is 0 Å². The van der Waals surface area contributed by atoms with E-state index >= 15 is 0 Å². The molecule has 2 radical (unpaired) electrons. The second kappa shape index (κ2) is 4.32. The molecule has 0 saturated heterocycles. The first-order valence-corrected chi connectivity index (χ1v) is 7.20. The van der Waals surface area contributed by atoms with E-state index in [1.165, 1.54) is 25.7 Å². The van der Waals surface area contributed by atoms with E-state index in [4.69, 9.17) is 7.85 Å². The van der Waals surface area contributed by atoms with Crippen LogP contribution in [0.5, 0.6) is 0 Å². The maximum absolute atomic E-state index is 6.52. The monoisotopic (exact) mass is 234 g/mol. The smallest absolute Gasteiger partial charge is 0.0671 e. The molecule has 1 aliphatic carbocycles. The van der Waals surface area contributed by atoms with Crippen LogP contribution in [0.2, 0.25) is 5.31 Å². The van der Waals surface area contributed by atoms with E-state index in [9.17, 15) is 0 Å². The summed E-state index contributed by atoms with van der Waals surface area (Å²) in [7, 11) is 6.52. The third-order valence-electron chi connectivity index (χ3n) is 6.08. The van der Waals surface area contributed by atoms with Crippen molar-refractivity contribution < 1.29 is 0 Å². The van der Waals surface area contributed by atoms with Crippen LogP contribution in [0.4, 0.5) is 0 Å². The summed E-state index contributed by atoms with van der Waals surface area (Å²) in [5, 5.41) is -0.00772. The molecule has 2 unspecified atom stereocenters. The Morgan fingerprint density at radius 2 is 1.35 bits per heavy atom. The fourth-order valence-corrected chi connectivity index (χ4v) is 2.93. The van der Waals surface area contributed by atoms with Crippen LogP contribution >= 0.6 is 0 Å². The number of hydrogen-bond donors (Lipinski definition) is 0. The van der Waals surface area contributed by atoms with Crippen molar-refractivity contribution in [3.8, 4) is 0 Å². The minimum Gasteiger partial charge on any atom is -0.0671 e. The topological polar surface area (TPSA) is 0 Å². The van der Waals surface area contributed by atoms with Crippen LogP contribution in [-0.4, -0.2) is 7.85 Å². The first-order valence-electron chi connectivity index (χ1n) is 7.20. The first-order chi connectivity index (χ1) is 7.41. The SMILES string of the molecule is [B]C1(C)CCCC(C)(C(C)(C)C)CCC1(C)C. The van der Waals surface area contributed by atoms with Gasteiger partial charge in [-0.25, -0.2) is 0 Å². The maximum Gasteiger partial charge on any atom is 0.0749 e. The van der Waals surface area contributed by atoms with Crippen molar-refractivity contribution in [3.63, 3.8) is 0 Å². The van der Waals surface area contributed by atoms with Crippen LogP contribution in [0, 0.1) is 16.2 Å². The Hall–Kier alpha value is 0.0649. The predicted molar refractivity (Wildman–Crippen MR) is 78.5 cm³/mol. The minimum atomic E-state index is -0.00772. The number of hydrogen-bond acceptors (Lipinski definition) is 0. The molecule has 1 saturated carbocycles. The summed E-state index contributed by atoms with van der Waals surface area (Å²) in [6.07, 6.45) is 6.29. The molecule has 0 aromatic heterocycles. The zero-order valence-corrected chi connectivity index (χ0v) is 13.1. The lowest BCUT2D eigenvalue weighted by Gasteiger charge is -2.51. The molecule has 1 aliphatic rings. The molecule has 17 heavy (non-hydrogen) atoms. The Bertz CT molecular complexity index is 270. The molecule has 0 amide bonds. The first kappa shape index (κ1) is 15.1. The van der Waals surface area contributed by atoms with Crippen LogP contribution in [0.3, 0.4) is 0 Å². The lowest BCUT2D eigenvalue weighted by molar-refractivity contribution is 0.0385. The average molecular weight is 234 g/mol. The molecule has 1 rings (SSSR count). The van der Waals surface area contributed by atoms with E-state index in [1.807, 2.05) is 0 Å². The zero-order chi connectivity index (χ0) is 13.5. The summed E-state index contributed by atoms with van der Waals surface area (Å²) in [5.41, 5.74) is 1.10. The van der Waals surface area contributed by atoms with Crippen molar-refractivity contribution in [1.29, 1.82) is 0 Å².